The Labute approximate surface area is 263 Å². The molecule has 2 aromatic rings. The third kappa shape index (κ3) is 12.6. The van der Waals surface area contributed by atoms with E-state index >= 15 is 0 Å². The van der Waals surface area contributed by atoms with Gasteiger partial charge in [0, 0.05) is 54.6 Å². The third-order valence-electron chi connectivity index (χ3n) is 7.17. The number of aromatic hydroxyl groups is 2. The number of phenols is 2. The van der Waals surface area contributed by atoms with E-state index in [1.54, 1.807) is 7.11 Å². The average Bonchev–Trinajstić information content (AvgIpc) is 3.01. The predicted molar refractivity (Wildman–Crippen MR) is 168 cm³/mol. The minimum atomic E-state index is -0.539. The summed E-state index contributed by atoms with van der Waals surface area (Å²) in [5.41, 5.74) is 4.03. The summed E-state index contributed by atoms with van der Waals surface area (Å²) in [6.45, 7) is 16.3. The van der Waals surface area contributed by atoms with Crippen molar-refractivity contribution < 1.29 is 48.1 Å². The van der Waals surface area contributed by atoms with Gasteiger partial charge in [0.15, 0.2) is 0 Å². The molecule has 0 unspecified atom stereocenters. The highest BCUT2D eigenvalue weighted by molar-refractivity contribution is 5.52. The maximum absolute atomic E-state index is 11.2. The molecule has 0 aliphatic heterocycles. The van der Waals surface area contributed by atoms with Crippen LogP contribution < -0.4 is 0 Å². The molecule has 2 N–H and O–H groups in total. The highest BCUT2D eigenvalue weighted by Crippen LogP contribution is 2.39. The Morgan fingerprint density at radius 3 is 1.02 bits per heavy atom. The maximum atomic E-state index is 11.2. The van der Waals surface area contributed by atoms with Crippen molar-refractivity contribution in [3.63, 3.8) is 0 Å². The molecular weight excluding hydrogens is 568 g/mol. The van der Waals surface area contributed by atoms with Crippen LogP contribution in [0.1, 0.15) is 68.0 Å². The lowest BCUT2D eigenvalue weighted by molar-refractivity contribution is 0.0420. The predicted octanol–water partition coefficient (Wildman–Crippen LogP) is 5.25. The van der Waals surface area contributed by atoms with Crippen molar-refractivity contribution in [1.82, 2.24) is 0 Å². The molecular formula is C34H54O10. The fourth-order valence-corrected chi connectivity index (χ4v) is 4.51. The zero-order valence-electron chi connectivity index (χ0n) is 27.6. The van der Waals surface area contributed by atoms with Crippen molar-refractivity contribution in [3.8, 4) is 11.5 Å². The van der Waals surface area contributed by atoms with Crippen molar-refractivity contribution in [2.45, 2.75) is 66.5 Å². The summed E-state index contributed by atoms with van der Waals surface area (Å²) in [6.07, 6.45) is 0. The summed E-state index contributed by atoms with van der Waals surface area (Å²) < 4.78 is 44.6. The average molecular weight is 623 g/mol. The molecule has 0 amide bonds. The topological polar surface area (TPSA) is 114 Å². The van der Waals surface area contributed by atoms with Gasteiger partial charge >= 0.3 is 0 Å². The first kappa shape index (κ1) is 37.9. The molecule has 0 radical (unpaired) electrons. The van der Waals surface area contributed by atoms with Crippen molar-refractivity contribution >= 4 is 0 Å². The van der Waals surface area contributed by atoms with Gasteiger partial charge in [-0.3, -0.25) is 0 Å². The lowest BCUT2D eigenvalue weighted by Crippen LogP contribution is -2.21. The van der Waals surface area contributed by atoms with Gasteiger partial charge in [0.1, 0.15) is 11.5 Å². The molecule has 250 valence electrons. The molecule has 0 spiro atoms. The first-order chi connectivity index (χ1) is 21.3. The van der Waals surface area contributed by atoms with E-state index < -0.39 is 5.41 Å². The van der Waals surface area contributed by atoms with Crippen LogP contribution >= 0.6 is 0 Å². The van der Waals surface area contributed by atoms with Crippen molar-refractivity contribution in [3.05, 3.63) is 57.6 Å². The number of rotatable bonds is 25. The second-order valence-corrected chi connectivity index (χ2v) is 10.7. The fourth-order valence-electron chi connectivity index (χ4n) is 4.51. The van der Waals surface area contributed by atoms with Gasteiger partial charge in [-0.25, -0.2) is 0 Å². The molecule has 10 nitrogen and oxygen atoms in total. The zero-order chi connectivity index (χ0) is 32.2. The number of methoxy groups -OCH3 is 1. The molecule has 0 saturated carbocycles. The van der Waals surface area contributed by atoms with Gasteiger partial charge in [-0.05, 0) is 56.2 Å². The van der Waals surface area contributed by atoms with E-state index in [2.05, 4.69) is 13.8 Å². The largest absolute Gasteiger partial charge is 0.507 e. The molecule has 2 aromatic carbocycles. The maximum Gasteiger partial charge on any atom is 0.126 e. The minimum Gasteiger partial charge on any atom is -0.507 e. The van der Waals surface area contributed by atoms with Crippen LogP contribution in [-0.2, 0) is 69.7 Å². The smallest absolute Gasteiger partial charge is 0.126 e. The number of hydrogen-bond donors (Lipinski definition) is 2. The summed E-state index contributed by atoms with van der Waals surface area (Å²) in [7, 11) is 1.62. The molecule has 0 atom stereocenters. The minimum absolute atomic E-state index is 0.149. The molecule has 0 aliphatic rings. The van der Waals surface area contributed by atoms with E-state index in [1.165, 1.54) is 0 Å². The Hall–Kier alpha value is -2.28. The summed E-state index contributed by atoms with van der Waals surface area (Å²) in [5, 5.41) is 22.3. The molecule has 0 fully saturated rings. The monoisotopic (exact) mass is 622 g/mol. The number of phenolic OH excluding ortho intramolecular Hbond substituents is 2. The molecule has 0 aliphatic carbocycles. The lowest BCUT2D eigenvalue weighted by atomic mass is 9.76. The van der Waals surface area contributed by atoms with E-state index in [0.717, 1.165) is 11.1 Å². The van der Waals surface area contributed by atoms with Gasteiger partial charge in [-0.15, -0.1) is 0 Å². The summed E-state index contributed by atoms with van der Waals surface area (Å²) in [4.78, 5) is 0. The SMILES string of the molecule is CCOCCOCc1cc(C(C)(C)c2cc(COCCOCC)c(O)c(COCCOCC)c2)cc(COCCOC)c1O. The summed E-state index contributed by atoms with van der Waals surface area (Å²) in [6, 6.07) is 7.88. The van der Waals surface area contributed by atoms with Crippen LogP contribution in [0.2, 0.25) is 0 Å². The molecule has 44 heavy (non-hydrogen) atoms. The molecule has 0 aromatic heterocycles. The fraction of sp³-hybridized carbons (Fsp3) is 0.647. The van der Waals surface area contributed by atoms with Crippen LogP contribution in [0.3, 0.4) is 0 Å². The van der Waals surface area contributed by atoms with E-state index in [9.17, 15) is 10.2 Å². The highest BCUT2D eigenvalue weighted by atomic mass is 16.5. The Morgan fingerprint density at radius 1 is 0.477 bits per heavy atom. The molecule has 0 heterocycles. The Bertz CT molecular complexity index is 1040. The van der Waals surface area contributed by atoms with E-state index in [1.807, 2.05) is 45.0 Å². The quantitative estimate of drug-likeness (QED) is 0.142. The van der Waals surface area contributed by atoms with E-state index in [0.29, 0.717) is 94.9 Å². The van der Waals surface area contributed by atoms with Crippen molar-refractivity contribution in [1.29, 1.82) is 0 Å². The molecule has 0 saturated heterocycles. The van der Waals surface area contributed by atoms with Crippen LogP contribution in [0.25, 0.3) is 0 Å². The van der Waals surface area contributed by atoms with Gasteiger partial charge in [0.2, 0.25) is 0 Å². The summed E-state index contributed by atoms with van der Waals surface area (Å²) in [5.74, 6) is 0.301. The van der Waals surface area contributed by atoms with Crippen LogP contribution in [-0.4, -0.2) is 90.0 Å². The Balaban J connectivity index is 2.45. The first-order valence-electron chi connectivity index (χ1n) is 15.5. The normalized spacial score (nSPS) is 11.9. The number of benzene rings is 2. The van der Waals surface area contributed by atoms with Crippen LogP contribution in [0, 0.1) is 0 Å². The molecule has 2 rings (SSSR count). The third-order valence-corrected chi connectivity index (χ3v) is 7.17. The van der Waals surface area contributed by atoms with E-state index in [4.69, 9.17) is 37.9 Å². The van der Waals surface area contributed by atoms with Gasteiger partial charge in [-0.2, -0.15) is 0 Å². The standard InChI is InChI=1S/C34H54O10/c1-7-38-12-15-42-23-27-19-30(18-26(32(27)35)22-41-11-10-37-6)34(4,5)31-20-28(24-43-16-13-39-8-2)33(36)29(21-31)25-44-17-14-40-9-3/h18-21,35-36H,7-17,22-25H2,1-6H3. The molecule has 10 heteroatoms. The highest BCUT2D eigenvalue weighted by Gasteiger charge is 2.28. The van der Waals surface area contributed by atoms with Gasteiger partial charge in [-0.1, -0.05) is 13.8 Å². The molecule has 0 bridgehead atoms. The number of hydrogen-bond acceptors (Lipinski definition) is 10. The first-order valence-corrected chi connectivity index (χ1v) is 15.5. The Morgan fingerprint density at radius 2 is 0.750 bits per heavy atom. The lowest BCUT2D eigenvalue weighted by Gasteiger charge is -2.29. The summed E-state index contributed by atoms with van der Waals surface area (Å²) >= 11 is 0. The van der Waals surface area contributed by atoms with Gasteiger partial charge in [0.05, 0.1) is 79.3 Å². The van der Waals surface area contributed by atoms with Crippen LogP contribution in [0.15, 0.2) is 24.3 Å². The van der Waals surface area contributed by atoms with Crippen LogP contribution in [0.4, 0.5) is 0 Å². The second-order valence-electron chi connectivity index (χ2n) is 10.7. The van der Waals surface area contributed by atoms with E-state index in [-0.39, 0.29) is 37.9 Å². The van der Waals surface area contributed by atoms with Crippen molar-refractivity contribution in [2.75, 3.05) is 79.8 Å². The van der Waals surface area contributed by atoms with Gasteiger partial charge < -0.3 is 48.1 Å². The van der Waals surface area contributed by atoms with Crippen molar-refractivity contribution in [2.24, 2.45) is 0 Å². The zero-order valence-corrected chi connectivity index (χ0v) is 27.6. The van der Waals surface area contributed by atoms with Gasteiger partial charge in [0.25, 0.3) is 0 Å². The Kier molecular flexibility index (Phi) is 18.5. The van der Waals surface area contributed by atoms with Crippen LogP contribution in [0.5, 0.6) is 11.5 Å². The number of ether oxygens (including phenoxy) is 8. The second kappa shape index (κ2) is 21.5.